The molecule has 18 heavy (non-hydrogen) atoms. The highest BCUT2D eigenvalue weighted by Gasteiger charge is 2.20. The molecule has 0 heterocycles. The number of carbonyl (C=O) groups excluding carboxylic acids is 1. The van der Waals surface area contributed by atoms with E-state index in [0.29, 0.717) is 12.5 Å². The topological polar surface area (TPSA) is 26.3 Å². The summed E-state index contributed by atoms with van der Waals surface area (Å²) in [7, 11) is 0. The van der Waals surface area contributed by atoms with E-state index in [1.165, 1.54) is 38.5 Å². The Hall–Kier alpha value is -0.790. The molecule has 1 aliphatic carbocycles. The summed E-state index contributed by atoms with van der Waals surface area (Å²) in [6.45, 7) is 6.63. The minimum Gasteiger partial charge on any atom is -0.463 e. The molecule has 2 heteroatoms. The van der Waals surface area contributed by atoms with Gasteiger partial charge in [0.1, 0.15) is 0 Å². The SMILES string of the molecule is CCCC1CCC(/C=C(\CC)C(=O)OCC)CC1. The molecular weight excluding hydrogens is 224 g/mol. The van der Waals surface area contributed by atoms with Crippen molar-refractivity contribution in [3.8, 4) is 0 Å². The Bertz CT molecular complexity index is 273. The molecule has 0 aromatic carbocycles. The Balaban J connectivity index is 2.47. The number of esters is 1. The van der Waals surface area contributed by atoms with Crippen molar-refractivity contribution < 1.29 is 9.53 Å². The molecule has 1 rings (SSSR count). The van der Waals surface area contributed by atoms with Crippen LogP contribution in [0.15, 0.2) is 11.6 Å². The number of hydrogen-bond donors (Lipinski definition) is 0. The van der Waals surface area contributed by atoms with Gasteiger partial charge in [-0.3, -0.25) is 0 Å². The summed E-state index contributed by atoms with van der Waals surface area (Å²) in [6.07, 6.45) is 10.8. The predicted octanol–water partition coefficient (Wildman–Crippen LogP) is 4.49. The molecule has 0 radical (unpaired) electrons. The number of allylic oxidation sites excluding steroid dienone is 1. The molecular formula is C16H28O2. The molecule has 0 amide bonds. The molecule has 0 aromatic heterocycles. The second-order valence-electron chi connectivity index (χ2n) is 5.34. The van der Waals surface area contributed by atoms with E-state index in [1.807, 2.05) is 13.8 Å². The van der Waals surface area contributed by atoms with Crippen molar-refractivity contribution in [3.63, 3.8) is 0 Å². The van der Waals surface area contributed by atoms with E-state index in [-0.39, 0.29) is 5.97 Å². The molecule has 0 bridgehead atoms. The van der Waals surface area contributed by atoms with E-state index < -0.39 is 0 Å². The standard InChI is InChI=1S/C16H28O2/c1-4-7-13-8-10-14(11-9-13)12-15(5-2)16(17)18-6-3/h12-14H,4-11H2,1-3H3/b15-12+. The van der Waals surface area contributed by atoms with E-state index in [9.17, 15) is 4.79 Å². The highest BCUT2D eigenvalue weighted by molar-refractivity contribution is 5.88. The fourth-order valence-electron chi connectivity index (χ4n) is 2.89. The molecule has 0 N–H and O–H groups in total. The number of ether oxygens (including phenoxy) is 1. The van der Waals surface area contributed by atoms with Gasteiger partial charge >= 0.3 is 5.97 Å². The molecule has 1 saturated carbocycles. The third-order valence-electron chi connectivity index (χ3n) is 3.94. The van der Waals surface area contributed by atoms with Gasteiger partial charge in [0.2, 0.25) is 0 Å². The van der Waals surface area contributed by atoms with E-state index in [1.54, 1.807) is 0 Å². The Morgan fingerprint density at radius 3 is 2.33 bits per heavy atom. The van der Waals surface area contributed by atoms with Gasteiger partial charge < -0.3 is 4.74 Å². The van der Waals surface area contributed by atoms with Crippen LogP contribution in [0.25, 0.3) is 0 Å². The van der Waals surface area contributed by atoms with Crippen molar-refractivity contribution in [1.82, 2.24) is 0 Å². The second kappa shape index (κ2) is 8.34. The van der Waals surface area contributed by atoms with Crippen LogP contribution in [-0.4, -0.2) is 12.6 Å². The van der Waals surface area contributed by atoms with E-state index >= 15 is 0 Å². The monoisotopic (exact) mass is 252 g/mol. The summed E-state index contributed by atoms with van der Waals surface area (Å²) >= 11 is 0. The van der Waals surface area contributed by atoms with Crippen LogP contribution < -0.4 is 0 Å². The van der Waals surface area contributed by atoms with E-state index in [2.05, 4.69) is 13.0 Å². The molecule has 0 saturated heterocycles. The summed E-state index contributed by atoms with van der Waals surface area (Å²) in [5, 5.41) is 0. The first-order valence-electron chi connectivity index (χ1n) is 7.59. The average molecular weight is 252 g/mol. The smallest absolute Gasteiger partial charge is 0.333 e. The molecule has 104 valence electrons. The highest BCUT2D eigenvalue weighted by Crippen LogP contribution is 2.33. The van der Waals surface area contributed by atoms with Crippen molar-refractivity contribution in [2.24, 2.45) is 11.8 Å². The van der Waals surface area contributed by atoms with E-state index in [4.69, 9.17) is 4.74 Å². The lowest BCUT2D eigenvalue weighted by Gasteiger charge is -2.26. The van der Waals surface area contributed by atoms with Gasteiger partial charge in [-0.25, -0.2) is 4.79 Å². The number of carbonyl (C=O) groups is 1. The average Bonchev–Trinajstić information content (AvgIpc) is 2.38. The van der Waals surface area contributed by atoms with Crippen LogP contribution in [0.2, 0.25) is 0 Å². The zero-order valence-electron chi connectivity index (χ0n) is 12.2. The summed E-state index contributed by atoms with van der Waals surface area (Å²) in [6, 6.07) is 0. The van der Waals surface area contributed by atoms with Crippen molar-refractivity contribution in [3.05, 3.63) is 11.6 Å². The maximum atomic E-state index is 11.7. The van der Waals surface area contributed by atoms with Crippen molar-refractivity contribution in [2.75, 3.05) is 6.61 Å². The summed E-state index contributed by atoms with van der Waals surface area (Å²) in [4.78, 5) is 11.7. The van der Waals surface area contributed by atoms with Gasteiger partial charge in [0.15, 0.2) is 0 Å². The highest BCUT2D eigenvalue weighted by atomic mass is 16.5. The summed E-state index contributed by atoms with van der Waals surface area (Å²) < 4.78 is 5.09. The lowest BCUT2D eigenvalue weighted by Crippen LogP contribution is -2.15. The largest absolute Gasteiger partial charge is 0.463 e. The van der Waals surface area contributed by atoms with Crippen LogP contribution in [0.3, 0.4) is 0 Å². The molecule has 0 unspecified atom stereocenters. The quantitative estimate of drug-likeness (QED) is 0.514. The third kappa shape index (κ3) is 4.83. The first-order valence-corrected chi connectivity index (χ1v) is 7.59. The Morgan fingerprint density at radius 1 is 1.17 bits per heavy atom. The van der Waals surface area contributed by atoms with Gasteiger partial charge in [-0.2, -0.15) is 0 Å². The van der Waals surface area contributed by atoms with Crippen molar-refractivity contribution in [1.29, 1.82) is 0 Å². The van der Waals surface area contributed by atoms with Crippen molar-refractivity contribution in [2.45, 2.75) is 65.7 Å². The Labute approximate surface area is 112 Å². The molecule has 1 fully saturated rings. The van der Waals surface area contributed by atoms with Gasteiger partial charge in [-0.15, -0.1) is 0 Å². The minimum absolute atomic E-state index is 0.115. The zero-order chi connectivity index (χ0) is 13.4. The Morgan fingerprint density at radius 2 is 1.83 bits per heavy atom. The first kappa shape index (κ1) is 15.3. The maximum absolute atomic E-state index is 11.7. The summed E-state index contributed by atoms with van der Waals surface area (Å²) in [5.41, 5.74) is 0.871. The van der Waals surface area contributed by atoms with E-state index in [0.717, 1.165) is 17.9 Å². The molecule has 1 aliphatic rings. The molecule has 2 nitrogen and oxygen atoms in total. The third-order valence-corrected chi connectivity index (χ3v) is 3.94. The zero-order valence-corrected chi connectivity index (χ0v) is 12.2. The second-order valence-corrected chi connectivity index (χ2v) is 5.34. The van der Waals surface area contributed by atoms with Gasteiger partial charge in [-0.05, 0) is 50.9 Å². The summed E-state index contributed by atoms with van der Waals surface area (Å²) in [5.74, 6) is 1.40. The maximum Gasteiger partial charge on any atom is 0.333 e. The van der Waals surface area contributed by atoms with Gasteiger partial charge in [0.05, 0.1) is 6.61 Å². The molecule has 0 spiro atoms. The minimum atomic E-state index is -0.115. The lowest BCUT2D eigenvalue weighted by molar-refractivity contribution is -0.138. The predicted molar refractivity (Wildman–Crippen MR) is 75.4 cm³/mol. The van der Waals surface area contributed by atoms with Gasteiger partial charge in [-0.1, -0.05) is 32.8 Å². The van der Waals surface area contributed by atoms with Gasteiger partial charge in [0.25, 0.3) is 0 Å². The fourth-order valence-corrected chi connectivity index (χ4v) is 2.89. The van der Waals surface area contributed by atoms with Crippen LogP contribution in [0.4, 0.5) is 0 Å². The van der Waals surface area contributed by atoms with Crippen LogP contribution >= 0.6 is 0 Å². The molecule has 0 atom stereocenters. The molecule has 0 aliphatic heterocycles. The van der Waals surface area contributed by atoms with Crippen LogP contribution in [0.5, 0.6) is 0 Å². The first-order chi connectivity index (χ1) is 8.71. The van der Waals surface area contributed by atoms with Crippen LogP contribution in [-0.2, 0) is 9.53 Å². The fraction of sp³-hybridized carbons (Fsp3) is 0.812. The number of rotatable bonds is 6. The normalized spacial score (nSPS) is 24.9. The van der Waals surface area contributed by atoms with Crippen LogP contribution in [0.1, 0.15) is 65.7 Å². The van der Waals surface area contributed by atoms with Crippen molar-refractivity contribution >= 4 is 5.97 Å². The van der Waals surface area contributed by atoms with Gasteiger partial charge in [0, 0.05) is 5.57 Å². The molecule has 0 aromatic rings. The number of hydrogen-bond acceptors (Lipinski definition) is 2. The Kier molecular flexibility index (Phi) is 7.07. The van der Waals surface area contributed by atoms with Crippen LogP contribution in [0, 0.1) is 11.8 Å². The lowest BCUT2D eigenvalue weighted by atomic mass is 9.79.